The Morgan fingerprint density at radius 2 is 2.29 bits per heavy atom. The van der Waals surface area contributed by atoms with E-state index in [0.717, 1.165) is 34.8 Å². The predicted molar refractivity (Wildman–Crippen MR) is 60.6 cm³/mol. The van der Waals surface area contributed by atoms with E-state index in [1.54, 1.807) is 0 Å². The summed E-state index contributed by atoms with van der Waals surface area (Å²) in [6, 6.07) is 6.37. The van der Waals surface area contributed by atoms with Crippen LogP contribution >= 0.6 is 27.5 Å². The second kappa shape index (κ2) is 4.62. The van der Waals surface area contributed by atoms with Crippen LogP contribution in [0.4, 0.5) is 0 Å². The number of hydrogen-bond acceptors (Lipinski definition) is 2. The Balaban J connectivity index is 1.96. The van der Waals surface area contributed by atoms with Gasteiger partial charge in [-0.25, -0.2) is 0 Å². The first kappa shape index (κ1) is 10.4. The first-order valence-corrected chi connectivity index (χ1v) is 5.68. The molecule has 76 valence electrons. The Labute approximate surface area is 96.7 Å². The van der Waals surface area contributed by atoms with Crippen LogP contribution in [0.15, 0.2) is 22.7 Å². The van der Waals surface area contributed by atoms with Crippen LogP contribution in [0.1, 0.15) is 5.56 Å². The first-order chi connectivity index (χ1) is 6.75. The van der Waals surface area contributed by atoms with Gasteiger partial charge in [0.2, 0.25) is 0 Å². The van der Waals surface area contributed by atoms with Crippen molar-refractivity contribution >= 4 is 27.5 Å². The van der Waals surface area contributed by atoms with Gasteiger partial charge in [-0.15, -0.1) is 0 Å². The van der Waals surface area contributed by atoms with E-state index in [1.165, 1.54) is 0 Å². The molecule has 1 heterocycles. The molecule has 0 bridgehead atoms. The first-order valence-electron chi connectivity index (χ1n) is 4.51. The lowest BCUT2D eigenvalue weighted by molar-refractivity contribution is -0.00578. The fourth-order valence-electron chi connectivity index (χ4n) is 1.29. The van der Waals surface area contributed by atoms with Gasteiger partial charge in [-0.1, -0.05) is 27.5 Å². The number of ether oxygens (including phenoxy) is 1. The molecule has 0 aromatic heterocycles. The summed E-state index contributed by atoms with van der Waals surface area (Å²) in [4.78, 5) is 0. The highest BCUT2D eigenvalue weighted by atomic mass is 79.9. The van der Waals surface area contributed by atoms with Gasteiger partial charge in [0, 0.05) is 16.0 Å². The summed E-state index contributed by atoms with van der Waals surface area (Å²) >= 11 is 9.47. The van der Waals surface area contributed by atoms with Crippen LogP contribution in [0.3, 0.4) is 0 Å². The average Bonchev–Trinajstić information content (AvgIpc) is 2.08. The van der Waals surface area contributed by atoms with E-state index in [4.69, 9.17) is 16.3 Å². The van der Waals surface area contributed by atoms with Crippen LogP contribution in [-0.4, -0.2) is 19.3 Å². The molecule has 2 rings (SSSR count). The molecule has 1 N–H and O–H groups in total. The van der Waals surface area contributed by atoms with Crippen LogP contribution < -0.4 is 5.32 Å². The van der Waals surface area contributed by atoms with Crippen molar-refractivity contribution in [1.29, 1.82) is 0 Å². The minimum atomic E-state index is 0.491. The number of halogens is 2. The van der Waals surface area contributed by atoms with Gasteiger partial charge in [0.1, 0.15) is 0 Å². The predicted octanol–water partition coefficient (Wildman–Crippen LogP) is 2.59. The molecular weight excluding hydrogens is 265 g/mol. The number of rotatable bonds is 3. The molecule has 0 spiro atoms. The van der Waals surface area contributed by atoms with Crippen molar-refractivity contribution in [2.75, 3.05) is 13.2 Å². The molecule has 1 aromatic carbocycles. The standard InChI is InChI=1S/C10H11BrClNO/c11-8-1-2-10(12)7(3-8)4-13-9-5-14-6-9/h1-3,9,13H,4-6H2. The lowest BCUT2D eigenvalue weighted by Crippen LogP contribution is -2.45. The quantitative estimate of drug-likeness (QED) is 0.916. The molecule has 2 nitrogen and oxygen atoms in total. The van der Waals surface area contributed by atoms with Gasteiger partial charge in [0.15, 0.2) is 0 Å². The summed E-state index contributed by atoms with van der Waals surface area (Å²) in [5.41, 5.74) is 1.12. The summed E-state index contributed by atoms with van der Waals surface area (Å²) in [5.74, 6) is 0. The molecule has 0 saturated carbocycles. The topological polar surface area (TPSA) is 21.3 Å². The fraction of sp³-hybridized carbons (Fsp3) is 0.400. The highest BCUT2D eigenvalue weighted by Gasteiger charge is 2.17. The van der Waals surface area contributed by atoms with Gasteiger partial charge in [0.25, 0.3) is 0 Å². The maximum absolute atomic E-state index is 6.05. The van der Waals surface area contributed by atoms with Gasteiger partial charge >= 0.3 is 0 Å². The van der Waals surface area contributed by atoms with Crippen LogP contribution in [-0.2, 0) is 11.3 Å². The largest absolute Gasteiger partial charge is 0.378 e. The lowest BCUT2D eigenvalue weighted by Gasteiger charge is -2.27. The summed E-state index contributed by atoms with van der Waals surface area (Å²) in [6.07, 6.45) is 0. The Hall–Kier alpha value is -0.0900. The third-order valence-corrected chi connectivity index (χ3v) is 3.09. The van der Waals surface area contributed by atoms with Gasteiger partial charge in [-0.2, -0.15) is 0 Å². The Bertz CT molecular complexity index is 328. The summed E-state index contributed by atoms with van der Waals surface area (Å²) in [5, 5.41) is 4.18. The summed E-state index contributed by atoms with van der Waals surface area (Å²) in [7, 11) is 0. The molecule has 14 heavy (non-hydrogen) atoms. The maximum atomic E-state index is 6.05. The maximum Gasteiger partial charge on any atom is 0.0643 e. The number of hydrogen-bond donors (Lipinski definition) is 1. The zero-order valence-electron chi connectivity index (χ0n) is 7.59. The van der Waals surface area contributed by atoms with E-state index in [1.807, 2.05) is 18.2 Å². The van der Waals surface area contributed by atoms with Gasteiger partial charge in [0.05, 0.1) is 19.3 Å². The van der Waals surface area contributed by atoms with Gasteiger partial charge < -0.3 is 10.1 Å². The highest BCUT2D eigenvalue weighted by Crippen LogP contribution is 2.21. The monoisotopic (exact) mass is 275 g/mol. The second-order valence-corrected chi connectivity index (χ2v) is 4.67. The van der Waals surface area contributed by atoms with Gasteiger partial charge in [-0.05, 0) is 23.8 Å². The molecule has 0 aliphatic carbocycles. The zero-order valence-corrected chi connectivity index (χ0v) is 9.94. The number of nitrogens with one attached hydrogen (secondary N) is 1. The fourth-order valence-corrected chi connectivity index (χ4v) is 1.88. The smallest absolute Gasteiger partial charge is 0.0643 e. The Kier molecular flexibility index (Phi) is 3.44. The molecule has 0 atom stereocenters. The SMILES string of the molecule is Clc1ccc(Br)cc1CNC1COC1. The minimum absolute atomic E-state index is 0.491. The molecule has 4 heteroatoms. The zero-order chi connectivity index (χ0) is 9.97. The third kappa shape index (κ3) is 2.48. The number of benzene rings is 1. The average molecular weight is 277 g/mol. The van der Waals surface area contributed by atoms with Crippen LogP contribution in [0.5, 0.6) is 0 Å². The van der Waals surface area contributed by atoms with E-state index in [0.29, 0.717) is 6.04 Å². The van der Waals surface area contributed by atoms with E-state index in [-0.39, 0.29) is 0 Å². The molecule has 1 aliphatic rings. The summed E-state index contributed by atoms with van der Waals surface area (Å²) in [6.45, 7) is 2.42. The van der Waals surface area contributed by atoms with Crippen molar-refractivity contribution in [2.45, 2.75) is 12.6 Å². The van der Waals surface area contributed by atoms with Crippen LogP contribution in [0, 0.1) is 0 Å². The highest BCUT2D eigenvalue weighted by molar-refractivity contribution is 9.10. The van der Waals surface area contributed by atoms with Crippen molar-refractivity contribution in [2.24, 2.45) is 0 Å². The van der Waals surface area contributed by atoms with Crippen molar-refractivity contribution < 1.29 is 4.74 Å². The third-order valence-electron chi connectivity index (χ3n) is 2.23. The van der Waals surface area contributed by atoms with E-state index in [9.17, 15) is 0 Å². The Morgan fingerprint density at radius 3 is 2.93 bits per heavy atom. The Morgan fingerprint density at radius 1 is 1.50 bits per heavy atom. The lowest BCUT2D eigenvalue weighted by atomic mass is 10.2. The molecule has 1 aromatic rings. The van der Waals surface area contributed by atoms with E-state index in [2.05, 4.69) is 21.2 Å². The molecule has 0 radical (unpaired) electrons. The normalized spacial score (nSPS) is 16.7. The van der Waals surface area contributed by atoms with Crippen molar-refractivity contribution in [3.8, 4) is 0 Å². The molecule has 1 fully saturated rings. The van der Waals surface area contributed by atoms with Gasteiger partial charge in [-0.3, -0.25) is 0 Å². The molecule has 1 saturated heterocycles. The summed E-state index contributed by atoms with van der Waals surface area (Å²) < 4.78 is 6.13. The van der Waals surface area contributed by atoms with Crippen molar-refractivity contribution in [3.05, 3.63) is 33.3 Å². The molecule has 0 amide bonds. The minimum Gasteiger partial charge on any atom is -0.378 e. The van der Waals surface area contributed by atoms with E-state index >= 15 is 0 Å². The van der Waals surface area contributed by atoms with Crippen LogP contribution in [0.2, 0.25) is 5.02 Å². The molecule has 0 unspecified atom stereocenters. The van der Waals surface area contributed by atoms with Crippen molar-refractivity contribution in [3.63, 3.8) is 0 Å². The second-order valence-electron chi connectivity index (χ2n) is 3.35. The van der Waals surface area contributed by atoms with Crippen molar-refractivity contribution in [1.82, 2.24) is 5.32 Å². The van der Waals surface area contributed by atoms with E-state index < -0.39 is 0 Å². The molecular formula is C10H11BrClNO. The molecule has 1 aliphatic heterocycles. The van der Waals surface area contributed by atoms with Crippen LogP contribution in [0.25, 0.3) is 0 Å².